The van der Waals surface area contributed by atoms with Gasteiger partial charge in [0.2, 0.25) is 5.55 Å². The van der Waals surface area contributed by atoms with Gasteiger partial charge in [-0.05, 0) is 43.3 Å². The molecule has 0 radical (unpaired) electrons. The molecule has 0 saturated heterocycles. The van der Waals surface area contributed by atoms with Crippen molar-refractivity contribution >= 4 is 22.6 Å². The molecular weight excluding hydrogens is 387 g/mol. The van der Waals surface area contributed by atoms with Crippen molar-refractivity contribution in [3.63, 3.8) is 0 Å². The van der Waals surface area contributed by atoms with E-state index in [4.69, 9.17) is 13.6 Å². The quantitative estimate of drug-likeness (QED) is 0.524. The molecule has 4 rings (SSSR count). The van der Waals surface area contributed by atoms with Gasteiger partial charge in [-0.3, -0.25) is 4.79 Å². The molecule has 0 bridgehead atoms. The number of nitrogens with one attached hydrogen (secondary N) is 1. The van der Waals surface area contributed by atoms with Crippen LogP contribution in [-0.2, 0) is 6.54 Å². The summed E-state index contributed by atoms with van der Waals surface area (Å²) in [6.07, 6.45) is 1.53. The number of carbonyl (C=O) groups is 1. The van der Waals surface area contributed by atoms with Gasteiger partial charge in [0.05, 0.1) is 25.6 Å². The van der Waals surface area contributed by atoms with Gasteiger partial charge in [-0.1, -0.05) is 18.2 Å². The highest BCUT2D eigenvalue weighted by Gasteiger charge is 2.15. The highest BCUT2D eigenvalue weighted by molar-refractivity contribution is 5.97. The van der Waals surface area contributed by atoms with Crippen LogP contribution in [0.5, 0.6) is 5.75 Å². The molecule has 152 valence electrons. The van der Waals surface area contributed by atoms with E-state index in [-0.39, 0.29) is 17.7 Å². The summed E-state index contributed by atoms with van der Waals surface area (Å²) in [7, 11) is 1.53. The van der Waals surface area contributed by atoms with E-state index in [1.165, 1.54) is 19.4 Å². The number of benzene rings is 2. The first-order valence-corrected chi connectivity index (χ1v) is 9.28. The first-order valence-electron chi connectivity index (χ1n) is 9.28. The Balaban J connectivity index is 1.86. The number of amides is 1. The van der Waals surface area contributed by atoms with Gasteiger partial charge in [0.1, 0.15) is 17.1 Å². The highest BCUT2D eigenvalue weighted by Crippen LogP contribution is 2.25. The van der Waals surface area contributed by atoms with Gasteiger partial charge in [-0.2, -0.15) is 0 Å². The van der Waals surface area contributed by atoms with Crippen molar-refractivity contribution in [3.8, 4) is 5.75 Å². The molecule has 30 heavy (non-hydrogen) atoms. The summed E-state index contributed by atoms with van der Waals surface area (Å²) in [5, 5.41) is 3.46. The van der Waals surface area contributed by atoms with Crippen LogP contribution in [0.1, 0.15) is 21.7 Å². The average molecular weight is 406 g/mol. The molecule has 0 aliphatic carbocycles. The van der Waals surface area contributed by atoms with Gasteiger partial charge in [0, 0.05) is 10.9 Å². The molecule has 0 saturated carbocycles. The Morgan fingerprint density at radius 2 is 2.00 bits per heavy atom. The van der Waals surface area contributed by atoms with E-state index in [0.717, 1.165) is 0 Å². The maximum atomic E-state index is 14.0. The number of halogens is 1. The second-order valence-electron chi connectivity index (χ2n) is 6.60. The Labute approximate surface area is 171 Å². The molecule has 2 aromatic carbocycles. The maximum Gasteiger partial charge on any atom is 0.257 e. The van der Waals surface area contributed by atoms with Gasteiger partial charge in [0.15, 0.2) is 11.3 Å². The Kier molecular flexibility index (Phi) is 5.34. The van der Waals surface area contributed by atoms with Crippen LogP contribution < -0.4 is 15.6 Å². The van der Waals surface area contributed by atoms with Crippen LogP contribution in [0.15, 0.2) is 74.7 Å². The minimum Gasteiger partial charge on any atom is -0.493 e. The summed E-state index contributed by atoms with van der Waals surface area (Å²) in [5.41, 5.74) is 1.43. The zero-order valence-corrected chi connectivity index (χ0v) is 16.4. The van der Waals surface area contributed by atoms with Crippen LogP contribution in [0.4, 0.5) is 10.1 Å². The SMILES string of the molecule is COc1cccc2cc(C(=O)NCc3ccco3)c(=Nc3cccc(F)c3C)oc12. The molecule has 0 aliphatic rings. The summed E-state index contributed by atoms with van der Waals surface area (Å²) < 4.78 is 30.6. The fourth-order valence-corrected chi connectivity index (χ4v) is 3.03. The molecule has 0 atom stereocenters. The summed E-state index contributed by atoms with van der Waals surface area (Å²) >= 11 is 0. The number of nitrogens with zero attached hydrogens (tertiary/aromatic N) is 1. The lowest BCUT2D eigenvalue weighted by Gasteiger charge is -2.09. The second kappa shape index (κ2) is 8.24. The Morgan fingerprint density at radius 3 is 2.77 bits per heavy atom. The van der Waals surface area contributed by atoms with Crippen molar-refractivity contribution in [1.82, 2.24) is 5.32 Å². The van der Waals surface area contributed by atoms with Crippen molar-refractivity contribution < 1.29 is 22.8 Å². The number of furan rings is 1. The first kappa shape index (κ1) is 19.4. The Morgan fingerprint density at radius 1 is 1.17 bits per heavy atom. The number of hydrogen-bond acceptors (Lipinski definition) is 5. The highest BCUT2D eigenvalue weighted by atomic mass is 19.1. The Bertz CT molecular complexity index is 1280. The van der Waals surface area contributed by atoms with E-state index in [0.29, 0.717) is 33.7 Å². The van der Waals surface area contributed by atoms with E-state index in [2.05, 4.69) is 10.3 Å². The largest absolute Gasteiger partial charge is 0.493 e. The number of fused-ring (bicyclic) bond motifs is 1. The molecular formula is C23H19FN2O4. The number of methoxy groups -OCH3 is 1. The van der Waals surface area contributed by atoms with Crippen LogP contribution in [0.3, 0.4) is 0 Å². The number of ether oxygens (including phenoxy) is 1. The van der Waals surface area contributed by atoms with Crippen molar-refractivity contribution in [1.29, 1.82) is 0 Å². The Hall–Kier alpha value is -3.87. The number of carbonyl (C=O) groups excluding carboxylic acids is 1. The first-order chi connectivity index (χ1) is 14.6. The van der Waals surface area contributed by atoms with Crippen molar-refractivity contribution in [3.05, 3.63) is 89.1 Å². The molecule has 0 fully saturated rings. The molecule has 0 spiro atoms. The monoisotopic (exact) mass is 406 g/mol. The summed E-state index contributed by atoms with van der Waals surface area (Å²) in [6, 6.07) is 15.1. The zero-order chi connectivity index (χ0) is 21.1. The topological polar surface area (TPSA) is 77.0 Å². The second-order valence-corrected chi connectivity index (χ2v) is 6.60. The fraction of sp³-hybridized carbons (Fsp3) is 0.130. The van der Waals surface area contributed by atoms with Crippen LogP contribution in [-0.4, -0.2) is 13.0 Å². The van der Waals surface area contributed by atoms with Crippen molar-refractivity contribution in [2.24, 2.45) is 4.99 Å². The molecule has 7 heteroatoms. The lowest BCUT2D eigenvalue weighted by molar-refractivity contribution is 0.0944. The molecule has 2 heterocycles. The van der Waals surface area contributed by atoms with E-state index in [9.17, 15) is 9.18 Å². The van der Waals surface area contributed by atoms with E-state index >= 15 is 0 Å². The van der Waals surface area contributed by atoms with Crippen LogP contribution in [0.25, 0.3) is 11.0 Å². The third-order valence-electron chi connectivity index (χ3n) is 4.67. The molecule has 0 unspecified atom stereocenters. The molecule has 1 N–H and O–H groups in total. The third-order valence-corrected chi connectivity index (χ3v) is 4.67. The van der Waals surface area contributed by atoms with Gasteiger partial charge in [-0.15, -0.1) is 0 Å². The third kappa shape index (κ3) is 3.82. The van der Waals surface area contributed by atoms with Crippen LogP contribution in [0.2, 0.25) is 0 Å². The van der Waals surface area contributed by atoms with E-state index in [1.807, 2.05) is 6.07 Å². The minimum absolute atomic E-state index is 0.0534. The summed E-state index contributed by atoms with van der Waals surface area (Å²) in [4.78, 5) is 17.4. The molecule has 2 aromatic heterocycles. The van der Waals surface area contributed by atoms with Gasteiger partial charge in [-0.25, -0.2) is 9.38 Å². The predicted octanol–water partition coefficient (Wildman–Crippen LogP) is 4.64. The predicted molar refractivity (Wildman–Crippen MR) is 109 cm³/mol. The van der Waals surface area contributed by atoms with E-state index < -0.39 is 11.7 Å². The van der Waals surface area contributed by atoms with Crippen LogP contribution in [0, 0.1) is 12.7 Å². The normalized spacial score (nSPS) is 11.6. The zero-order valence-electron chi connectivity index (χ0n) is 16.4. The standard InChI is InChI=1S/C23H19FN2O4/c1-14-18(24)8-4-9-19(14)26-23-17(22(27)25-13-16-7-5-11-29-16)12-15-6-3-10-20(28-2)21(15)30-23/h3-12H,13H2,1-2H3,(H,25,27). The minimum atomic E-state index is -0.396. The lowest BCUT2D eigenvalue weighted by Crippen LogP contribution is -2.28. The number of para-hydroxylation sites is 1. The molecule has 4 aromatic rings. The van der Waals surface area contributed by atoms with Crippen LogP contribution >= 0.6 is 0 Å². The smallest absolute Gasteiger partial charge is 0.257 e. The average Bonchev–Trinajstić information content (AvgIpc) is 3.28. The summed E-state index contributed by atoms with van der Waals surface area (Å²) in [5.74, 6) is 0.329. The van der Waals surface area contributed by atoms with Gasteiger partial charge >= 0.3 is 0 Å². The fourth-order valence-electron chi connectivity index (χ4n) is 3.03. The van der Waals surface area contributed by atoms with Gasteiger partial charge < -0.3 is 18.9 Å². The number of hydrogen-bond donors (Lipinski definition) is 1. The lowest BCUT2D eigenvalue weighted by atomic mass is 10.1. The number of rotatable bonds is 5. The van der Waals surface area contributed by atoms with Gasteiger partial charge in [0.25, 0.3) is 5.91 Å². The molecule has 1 amide bonds. The van der Waals surface area contributed by atoms with Crippen molar-refractivity contribution in [2.75, 3.05) is 7.11 Å². The van der Waals surface area contributed by atoms with Crippen molar-refractivity contribution in [2.45, 2.75) is 13.5 Å². The maximum absolute atomic E-state index is 14.0. The van der Waals surface area contributed by atoms with E-state index in [1.54, 1.807) is 49.4 Å². The molecule has 6 nitrogen and oxygen atoms in total. The molecule has 0 aliphatic heterocycles. The summed E-state index contributed by atoms with van der Waals surface area (Å²) in [6.45, 7) is 1.83.